The van der Waals surface area contributed by atoms with Gasteiger partial charge in [-0.25, -0.2) is 5.01 Å². The molecule has 0 radical (unpaired) electrons. The summed E-state index contributed by atoms with van der Waals surface area (Å²) in [7, 11) is 3.07. The monoisotopic (exact) mass is 509 g/mol. The number of methoxy groups -OCH3 is 2. The second kappa shape index (κ2) is 11.0. The van der Waals surface area contributed by atoms with Gasteiger partial charge in [-0.15, -0.1) is 11.3 Å². The topological polar surface area (TPSA) is 121 Å². The van der Waals surface area contributed by atoms with Gasteiger partial charge in [-0.2, -0.15) is 5.10 Å². The summed E-state index contributed by atoms with van der Waals surface area (Å²) in [5, 5.41) is 19.0. The standard InChI is InChI=1S/C25H23N3O7S/c1-33-21-10-9-17(12-22(21)34-2)20-14-18(23-8-5-11-36-23)26-27(20)24(29)15-35-25(30)13-16-6-3-4-7-19(16)28(31)32/h3-12,20H,13-15H2,1-2H3/t20-/m1/s1. The average molecular weight is 510 g/mol. The number of rotatable bonds is 9. The van der Waals surface area contributed by atoms with E-state index in [0.717, 1.165) is 16.2 Å². The average Bonchev–Trinajstić information content (AvgIpc) is 3.57. The van der Waals surface area contributed by atoms with Gasteiger partial charge >= 0.3 is 5.97 Å². The van der Waals surface area contributed by atoms with Gasteiger partial charge in [-0.3, -0.25) is 19.7 Å². The Labute approximate surface area is 210 Å². The van der Waals surface area contributed by atoms with Gasteiger partial charge in [0.25, 0.3) is 11.6 Å². The van der Waals surface area contributed by atoms with Gasteiger partial charge in [0.1, 0.15) is 0 Å². The number of carbonyl (C=O) groups is 2. The molecular formula is C25H23N3O7S. The van der Waals surface area contributed by atoms with Gasteiger partial charge in [0.2, 0.25) is 0 Å². The lowest BCUT2D eigenvalue weighted by molar-refractivity contribution is -0.385. The van der Waals surface area contributed by atoms with Gasteiger partial charge in [-0.05, 0) is 29.1 Å². The third-order valence-corrected chi connectivity index (χ3v) is 6.56. The Hall–Kier alpha value is -4.25. The SMILES string of the molecule is COc1ccc([C@H]2CC(c3cccs3)=NN2C(=O)COC(=O)Cc2ccccc2[N+](=O)[O-])cc1OC. The summed E-state index contributed by atoms with van der Waals surface area (Å²) in [5.74, 6) is -0.192. The number of nitrogens with zero attached hydrogens (tertiary/aromatic N) is 3. The van der Waals surface area contributed by atoms with Crippen molar-refractivity contribution in [3.8, 4) is 11.5 Å². The summed E-state index contributed by atoms with van der Waals surface area (Å²) >= 11 is 1.51. The van der Waals surface area contributed by atoms with Gasteiger partial charge in [0.15, 0.2) is 18.1 Å². The lowest BCUT2D eigenvalue weighted by Crippen LogP contribution is -2.31. The number of nitro benzene ring substituents is 1. The molecule has 0 saturated heterocycles. The highest BCUT2D eigenvalue weighted by molar-refractivity contribution is 7.12. The molecule has 0 fully saturated rings. The highest BCUT2D eigenvalue weighted by Crippen LogP contribution is 2.37. The second-order valence-electron chi connectivity index (χ2n) is 7.82. The van der Waals surface area contributed by atoms with Crippen LogP contribution >= 0.6 is 11.3 Å². The summed E-state index contributed by atoms with van der Waals surface area (Å²) < 4.78 is 15.9. The third-order valence-electron chi connectivity index (χ3n) is 5.64. The number of benzene rings is 2. The molecule has 1 atom stereocenters. The number of amides is 1. The molecular weight excluding hydrogens is 486 g/mol. The van der Waals surface area contributed by atoms with Crippen molar-refractivity contribution in [3.63, 3.8) is 0 Å². The highest BCUT2D eigenvalue weighted by Gasteiger charge is 2.34. The van der Waals surface area contributed by atoms with Crippen LogP contribution in [0.1, 0.15) is 28.5 Å². The van der Waals surface area contributed by atoms with Crippen molar-refractivity contribution in [3.05, 3.63) is 86.1 Å². The number of esters is 1. The molecule has 11 heteroatoms. The lowest BCUT2D eigenvalue weighted by atomic mass is 10.0. The Kier molecular flexibility index (Phi) is 7.59. The van der Waals surface area contributed by atoms with Crippen molar-refractivity contribution in [2.24, 2.45) is 5.10 Å². The zero-order chi connectivity index (χ0) is 25.7. The van der Waals surface area contributed by atoms with E-state index in [9.17, 15) is 19.7 Å². The fourth-order valence-electron chi connectivity index (χ4n) is 3.90. The molecule has 4 rings (SSSR count). The molecule has 1 aliphatic rings. The van der Waals surface area contributed by atoms with Crippen molar-refractivity contribution >= 4 is 34.6 Å². The zero-order valence-corrected chi connectivity index (χ0v) is 20.4. The molecule has 3 aromatic rings. The van der Waals surface area contributed by atoms with Crippen LogP contribution in [0, 0.1) is 10.1 Å². The maximum absolute atomic E-state index is 13.1. The number of para-hydroxylation sites is 1. The van der Waals surface area contributed by atoms with E-state index in [2.05, 4.69) is 5.10 Å². The van der Waals surface area contributed by atoms with Crippen molar-refractivity contribution < 1.29 is 28.7 Å². The number of hydrazone groups is 1. The van der Waals surface area contributed by atoms with E-state index < -0.39 is 29.4 Å². The Balaban J connectivity index is 1.51. The summed E-state index contributed by atoms with van der Waals surface area (Å²) in [6.45, 7) is -0.551. The second-order valence-corrected chi connectivity index (χ2v) is 8.77. The first kappa shape index (κ1) is 24.9. The van der Waals surface area contributed by atoms with Gasteiger partial charge in [0, 0.05) is 18.1 Å². The summed E-state index contributed by atoms with van der Waals surface area (Å²) in [4.78, 5) is 37.1. The van der Waals surface area contributed by atoms with E-state index in [1.165, 1.54) is 41.7 Å². The maximum Gasteiger partial charge on any atom is 0.311 e. The third kappa shape index (κ3) is 5.36. The maximum atomic E-state index is 13.1. The molecule has 36 heavy (non-hydrogen) atoms. The van der Waals surface area contributed by atoms with E-state index in [-0.39, 0.29) is 17.7 Å². The number of thiophene rings is 1. The largest absolute Gasteiger partial charge is 0.493 e. The molecule has 0 N–H and O–H groups in total. The number of ether oxygens (including phenoxy) is 3. The van der Waals surface area contributed by atoms with Crippen molar-refractivity contribution in [1.29, 1.82) is 0 Å². The Morgan fingerprint density at radius 1 is 1.11 bits per heavy atom. The highest BCUT2D eigenvalue weighted by atomic mass is 32.1. The molecule has 10 nitrogen and oxygen atoms in total. The summed E-state index contributed by atoms with van der Waals surface area (Å²) in [5.41, 5.74) is 1.55. The first-order valence-electron chi connectivity index (χ1n) is 10.9. The first-order valence-corrected chi connectivity index (χ1v) is 11.8. The van der Waals surface area contributed by atoms with Crippen molar-refractivity contribution in [2.45, 2.75) is 18.9 Å². The fraction of sp³-hybridized carbons (Fsp3) is 0.240. The smallest absolute Gasteiger partial charge is 0.311 e. The molecule has 0 aliphatic carbocycles. The van der Waals surface area contributed by atoms with E-state index >= 15 is 0 Å². The number of hydrogen-bond acceptors (Lipinski definition) is 9. The van der Waals surface area contributed by atoms with Gasteiger partial charge in [-0.1, -0.05) is 30.3 Å². The van der Waals surface area contributed by atoms with E-state index in [4.69, 9.17) is 14.2 Å². The predicted molar refractivity (Wildman–Crippen MR) is 132 cm³/mol. The Bertz CT molecular complexity index is 1310. The minimum atomic E-state index is -0.748. The van der Waals surface area contributed by atoms with Gasteiger partial charge < -0.3 is 14.2 Å². The predicted octanol–water partition coefficient (Wildman–Crippen LogP) is 4.14. The molecule has 2 aromatic carbocycles. The minimum Gasteiger partial charge on any atom is -0.493 e. The fourth-order valence-corrected chi connectivity index (χ4v) is 4.63. The number of hydrogen-bond donors (Lipinski definition) is 0. The van der Waals surface area contributed by atoms with Crippen molar-refractivity contribution in [2.75, 3.05) is 20.8 Å². The van der Waals surface area contributed by atoms with Crippen LogP contribution in [0.15, 0.2) is 65.1 Å². The molecule has 186 valence electrons. The van der Waals surface area contributed by atoms with Crippen LogP contribution in [0.5, 0.6) is 11.5 Å². The van der Waals surface area contributed by atoms with E-state index in [0.29, 0.717) is 17.9 Å². The zero-order valence-electron chi connectivity index (χ0n) is 19.6. The molecule has 0 unspecified atom stereocenters. The molecule has 0 saturated carbocycles. The van der Waals surface area contributed by atoms with Crippen LogP contribution in [0.3, 0.4) is 0 Å². The molecule has 1 aliphatic heterocycles. The first-order chi connectivity index (χ1) is 17.4. The normalized spacial score (nSPS) is 14.8. The number of carbonyl (C=O) groups excluding carboxylic acids is 2. The quantitative estimate of drug-likeness (QED) is 0.241. The van der Waals surface area contributed by atoms with Gasteiger partial charge in [0.05, 0.1) is 42.2 Å². The molecule has 1 amide bonds. The summed E-state index contributed by atoms with van der Waals surface area (Å²) in [6, 6.07) is 14.7. The molecule has 2 heterocycles. The molecule has 0 spiro atoms. The van der Waals surface area contributed by atoms with Crippen molar-refractivity contribution in [1.82, 2.24) is 5.01 Å². The summed E-state index contributed by atoms with van der Waals surface area (Å²) in [6.07, 6.45) is 0.138. The van der Waals surface area contributed by atoms with Crippen LogP contribution in [0.4, 0.5) is 5.69 Å². The van der Waals surface area contributed by atoms with Crippen LogP contribution in [-0.4, -0.2) is 48.3 Å². The minimum absolute atomic E-state index is 0.181. The molecule has 1 aromatic heterocycles. The van der Waals surface area contributed by atoms with Crippen LogP contribution in [0.25, 0.3) is 0 Å². The Morgan fingerprint density at radius 2 is 1.89 bits per heavy atom. The lowest BCUT2D eigenvalue weighted by Gasteiger charge is -2.22. The van der Waals surface area contributed by atoms with E-state index in [1.807, 2.05) is 23.6 Å². The van der Waals surface area contributed by atoms with Crippen LogP contribution < -0.4 is 9.47 Å². The number of nitro groups is 1. The van der Waals surface area contributed by atoms with Crippen LogP contribution in [-0.2, 0) is 20.7 Å². The Morgan fingerprint density at radius 3 is 2.58 bits per heavy atom. The van der Waals surface area contributed by atoms with Crippen LogP contribution in [0.2, 0.25) is 0 Å². The van der Waals surface area contributed by atoms with E-state index in [1.54, 1.807) is 25.3 Å². The molecule has 0 bridgehead atoms.